The van der Waals surface area contributed by atoms with E-state index >= 15 is 0 Å². The lowest BCUT2D eigenvalue weighted by atomic mass is 10.2. The van der Waals surface area contributed by atoms with E-state index < -0.39 is 0 Å². The van der Waals surface area contributed by atoms with Gasteiger partial charge in [0.1, 0.15) is 6.61 Å². The SMILES string of the molecule is CC(C)N(Cc1cc(C#CCO)cs1)C(C)C. The minimum absolute atomic E-state index is 0.0741. The molecule has 0 aliphatic heterocycles. The molecule has 1 aromatic heterocycles. The van der Waals surface area contributed by atoms with E-state index in [0.717, 1.165) is 12.1 Å². The summed E-state index contributed by atoms with van der Waals surface area (Å²) in [5.74, 6) is 5.61. The van der Waals surface area contributed by atoms with Crippen molar-refractivity contribution in [3.63, 3.8) is 0 Å². The topological polar surface area (TPSA) is 23.5 Å². The molecular formula is C14H21NOS. The van der Waals surface area contributed by atoms with Gasteiger partial charge in [-0.1, -0.05) is 11.8 Å². The molecule has 0 spiro atoms. The third-order valence-electron chi connectivity index (χ3n) is 2.63. The van der Waals surface area contributed by atoms with Crippen molar-refractivity contribution in [1.82, 2.24) is 4.90 Å². The third-order valence-corrected chi connectivity index (χ3v) is 3.55. The molecule has 94 valence electrons. The Bertz CT molecular complexity index is 390. The lowest BCUT2D eigenvalue weighted by Crippen LogP contribution is -2.36. The van der Waals surface area contributed by atoms with Crippen LogP contribution in [0, 0.1) is 11.8 Å². The van der Waals surface area contributed by atoms with Crippen LogP contribution in [-0.2, 0) is 6.54 Å². The van der Waals surface area contributed by atoms with Crippen molar-refractivity contribution >= 4 is 11.3 Å². The molecule has 2 nitrogen and oxygen atoms in total. The van der Waals surface area contributed by atoms with Crippen molar-refractivity contribution in [3.05, 3.63) is 21.9 Å². The molecule has 1 rings (SSSR count). The Kier molecular flexibility index (Phi) is 5.70. The number of nitrogens with zero attached hydrogens (tertiary/aromatic N) is 1. The van der Waals surface area contributed by atoms with E-state index in [1.165, 1.54) is 4.88 Å². The minimum atomic E-state index is -0.0741. The third kappa shape index (κ3) is 4.51. The van der Waals surface area contributed by atoms with Crippen molar-refractivity contribution in [2.45, 2.75) is 46.3 Å². The largest absolute Gasteiger partial charge is 0.384 e. The quantitative estimate of drug-likeness (QED) is 0.832. The fourth-order valence-corrected chi connectivity index (χ4v) is 2.64. The van der Waals surface area contributed by atoms with E-state index in [9.17, 15) is 0 Å². The highest BCUT2D eigenvalue weighted by molar-refractivity contribution is 7.10. The molecule has 17 heavy (non-hydrogen) atoms. The molecule has 0 saturated heterocycles. The number of hydrogen-bond acceptors (Lipinski definition) is 3. The van der Waals surface area contributed by atoms with Crippen LogP contribution in [0.5, 0.6) is 0 Å². The fraction of sp³-hybridized carbons (Fsp3) is 0.571. The first kappa shape index (κ1) is 14.2. The highest BCUT2D eigenvalue weighted by Crippen LogP contribution is 2.19. The highest BCUT2D eigenvalue weighted by Gasteiger charge is 2.14. The number of aliphatic hydroxyl groups excluding tert-OH is 1. The maximum absolute atomic E-state index is 8.65. The Labute approximate surface area is 108 Å². The van der Waals surface area contributed by atoms with Crippen LogP contribution in [0.3, 0.4) is 0 Å². The van der Waals surface area contributed by atoms with Crippen LogP contribution in [0.4, 0.5) is 0 Å². The summed E-state index contributed by atoms with van der Waals surface area (Å²) in [4.78, 5) is 3.78. The predicted molar refractivity (Wildman–Crippen MR) is 74.1 cm³/mol. The van der Waals surface area contributed by atoms with E-state index in [1.54, 1.807) is 11.3 Å². The first-order chi connectivity index (χ1) is 8.04. The zero-order valence-electron chi connectivity index (χ0n) is 11.0. The molecule has 0 radical (unpaired) electrons. The van der Waals surface area contributed by atoms with Gasteiger partial charge in [-0.15, -0.1) is 11.3 Å². The van der Waals surface area contributed by atoms with Crippen molar-refractivity contribution < 1.29 is 5.11 Å². The molecule has 0 fully saturated rings. The molecule has 3 heteroatoms. The van der Waals surface area contributed by atoms with Gasteiger partial charge >= 0.3 is 0 Å². The molecule has 1 aromatic rings. The molecule has 0 atom stereocenters. The van der Waals surface area contributed by atoms with Crippen LogP contribution in [0.25, 0.3) is 0 Å². The number of thiophene rings is 1. The number of hydrogen-bond donors (Lipinski definition) is 1. The van der Waals surface area contributed by atoms with Crippen LogP contribution in [0.2, 0.25) is 0 Å². The fourth-order valence-electron chi connectivity index (χ4n) is 1.81. The Morgan fingerprint density at radius 3 is 2.47 bits per heavy atom. The van der Waals surface area contributed by atoms with E-state index in [1.807, 2.05) is 0 Å². The summed E-state index contributed by atoms with van der Waals surface area (Å²) in [5, 5.41) is 10.7. The van der Waals surface area contributed by atoms with Gasteiger partial charge in [0.15, 0.2) is 0 Å². The summed E-state index contributed by atoms with van der Waals surface area (Å²) < 4.78 is 0. The normalized spacial score (nSPS) is 11.1. The van der Waals surface area contributed by atoms with Gasteiger partial charge in [0.2, 0.25) is 0 Å². The van der Waals surface area contributed by atoms with Gasteiger partial charge in [-0.3, -0.25) is 4.90 Å². The van der Waals surface area contributed by atoms with Crippen LogP contribution in [0.1, 0.15) is 38.1 Å². The molecule has 0 saturated carbocycles. The standard InChI is InChI=1S/C14H21NOS/c1-11(2)15(12(3)4)9-14-8-13(10-17-14)6-5-7-16/h8,10-12,16H,7,9H2,1-4H3. The summed E-state index contributed by atoms with van der Waals surface area (Å²) >= 11 is 1.74. The monoisotopic (exact) mass is 251 g/mol. The average Bonchev–Trinajstić information content (AvgIpc) is 2.70. The van der Waals surface area contributed by atoms with Crippen molar-refractivity contribution in [3.8, 4) is 11.8 Å². The summed E-state index contributed by atoms with van der Waals surface area (Å²) in [7, 11) is 0. The van der Waals surface area contributed by atoms with E-state index in [-0.39, 0.29) is 6.61 Å². The summed E-state index contributed by atoms with van der Waals surface area (Å²) in [6.07, 6.45) is 0. The maximum Gasteiger partial charge on any atom is 0.104 e. The minimum Gasteiger partial charge on any atom is -0.384 e. The second-order valence-electron chi connectivity index (χ2n) is 4.62. The van der Waals surface area contributed by atoms with Crippen LogP contribution < -0.4 is 0 Å². The zero-order chi connectivity index (χ0) is 12.8. The molecule has 0 amide bonds. The van der Waals surface area contributed by atoms with E-state index in [0.29, 0.717) is 12.1 Å². The van der Waals surface area contributed by atoms with Gasteiger partial charge < -0.3 is 5.11 Å². The molecular weight excluding hydrogens is 230 g/mol. The summed E-state index contributed by atoms with van der Waals surface area (Å²) in [6, 6.07) is 3.21. The predicted octanol–water partition coefficient (Wildman–Crippen LogP) is 2.71. The maximum atomic E-state index is 8.65. The van der Waals surface area contributed by atoms with Crippen molar-refractivity contribution in [2.75, 3.05) is 6.61 Å². The first-order valence-electron chi connectivity index (χ1n) is 5.97. The molecule has 0 aliphatic rings. The smallest absolute Gasteiger partial charge is 0.104 e. The molecule has 0 aliphatic carbocycles. The first-order valence-corrected chi connectivity index (χ1v) is 6.85. The molecule has 1 heterocycles. The van der Waals surface area contributed by atoms with Crippen LogP contribution in [-0.4, -0.2) is 28.7 Å². The Hall–Kier alpha value is -0.820. The van der Waals surface area contributed by atoms with Gasteiger partial charge in [0.25, 0.3) is 0 Å². The average molecular weight is 251 g/mol. The Morgan fingerprint density at radius 2 is 1.94 bits per heavy atom. The Morgan fingerprint density at radius 1 is 1.29 bits per heavy atom. The number of rotatable bonds is 4. The molecule has 0 unspecified atom stereocenters. The second-order valence-corrected chi connectivity index (χ2v) is 5.62. The van der Waals surface area contributed by atoms with Gasteiger partial charge in [-0.2, -0.15) is 0 Å². The molecule has 0 bridgehead atoms. The lowest BCUT2D eigenvalue weighted by Gasteiger charge is -2.29. The van der Waals surface area contributed by atoms with Crippen molar-refractivity contribution in [2.24, 2.45) is 0 Å². The van der Waals surface area contributed by atoms with E-state index in [2.05, 4.69) is 55.9 Å². The zero-order valence-corrected chi connectivity index (χ0v) is 11.8. The van der Waals surface area contributed by atoms with Gasteiger partial charge in [0.05, 0.1) is 0 Å². The number of aliphatic hydroxyl groups is 1. The summed E-state index contributed by atoms with van der Waals surface area (Å²) in [6.45, 7) is 9.79. The summed E-state index contributed by atoms with van der Waals surface area (Å²) in [5.41, 5.74) is 1.01. The van der Waals surface area contributed by atoms with Gasteiger partial charge in [-0.05, 0) is 33.8 Å². The van der Waals surface area contributed by atoms with Crippen LogP contribution in [0.15, 0.2) is 11.4 Å². The lowest BCUT2D eigenvalue weighted by molar-refractivity contribution is 0.167. The van der Waals surface area contributed by atoms with E-state index in [4.69, 9.17) is 5.11 Å². The van der Waals surface area contributed by atoms with Crippen molar-refractivity contribution in [1.29, 1.82) is 0 Å². The van der Waals surface area contributed by atoms with Gasteiger partial charge in [-0.25, -0.2) is 0 Å². The highest BCUT2D eigenvalue weighted by atomic mass is 32.1. The Balaban J connectivity index is 2.70. The molecule has 1 N–H and O–H groups in total. The van der Waals surface area contributed by atoms with Gasteiger partial charge in [0, 0.05) is 34.4 Å². The molecule has 0 aromatic carbocycles. The van der Waals surface area contributed by atoms with Crippen LogP contribution >= 0.6 is 11.3 Å². The second kappa shape index (κ2) is 6.80.